The summed E-state index contributed by atoms with van der Waals surface area (Å²) in [6, 6.07) is 7.80. The number of fused-ring (bicyclic) bond motifs is 1. The molecule has 0 atom stereocenters. The second-order valence-electron chi connectivity index (χ2n) is 5.77. The molecule has 2 rings (SSSR count). The maximum atomic E-state index is 12.0. The zero-order chi connectivity index (χ0) is 16.2. The molecule has 1 N–H and O–H groups in total. The van der Waals surface area contributed by atoms with E-state index in [0.29, 0.717) is 13.0 Å². The quantitative estimate of drug-likeness (QED) is 0.864. The van der Waals surface area contributed by atoms with Gasteiger partial charge in [0.1, 0.15) is 0 Å². The van der Waals surface area contributed by atoms with E-state index in [1.54, 1.807) is 11.9 Å². The Balaban J connectivity index is 1.96. The number of hydrogen-bond acceptors (Lipinski definition) is 5. The molecule has 1 aromatic rings. The van der Waals surface area contributed by atoms with E-state index in [4.69, 9.17) is 14.7 Å². The third-order valence-electron chi connectivity index (χ3n) is 3.76. The van der Waals surface area contributed by atoms with E-state index in [9.17, 15) is 4.79 Å². The lowest BCUT2D eigenvalue weighted by atomic mass is 9.94. The highest BCUT2D eigenvalue weighted by molar-refractivity contribution is 5.78. The first kappa shape index (κ1) is 16.1. The van der Waals surface area contributed by atoms with E-state index in [0.717, 1.165) is 17.1 Å². The number of ether oxygens (including phenoxy) is 2. The van der Waals surface area contributed by atoms with Gasteiger partial charge in [-0.05, 0) is 31.5 Å². The van der Waals surface area contributed by atoms with Gasteiger partial charge in [-0.1, -0.05) is 6.07 Å². The van der Waals surface area contributed by atoms with Gasteiger partial charge in [-0.2, -0.15) is 5.26 Å². The average molecular weight is 303 g/mol. The Kier molecular flexibility index (Phi) is 4.88. The fourth-order valence-corrected chi connectivity index (χ4v) is 2.16. The van der Waals surface area contributed by atoms with Crippen LogP contribution in [0, 0.1) is 11.3 Å². The van der Waals surface area contributed by atoms with Gasteiger partial charge in [0.2, 0.25) is 12.7 Å². The van der Waals surface area contributed by atoms with E-state index in [1.807, 2.05) is 38.1 Å². The first-order valence-electron chi connectivity index (χ1n) is 7.20. The number of benzene rings is 1. The lowest BCUT2D eigenvalue weighted by Gasteiger charge is -2.28. The second-order valence-corrected chi connectivity index (χ2v) is 5.77. The SMILES string of the molecule is CN(CCC#N)C(=O)CNC(C)(C)c1ccc2c(c1)OCO2. The molecule has 0 spiro atoms. The van der Waals surface area contributed by atoms with E-state index in [2.05, 4.69) is 5.32 Å². The molecule has 0 fully saturated rings. The number of amides is 1. The van der Waals surface area contributed by atoms with Gasteiger partial charge in [-0.15, -0.1) is 0 Å². The minimum Gasteiger partial charge on any atom is -0.454 e. The maximum Gasteiger partial charge on any atom is 0.236 e. The van der Waals surface area contributed by atoms with Crippen LogP contribution >= 0.6 is 0 Å². The highest BCUT2D eigenvalue weighted by atomic mass is 16.7. The third kappa shape index (κ3) is 3.68. The van der Waals surface area contributed by atoms with Crippen molar-refractivity contribution in [3.05, 3.63) is 23.8 Å². The minimum absolute atomic E-state index is 0.0379. The molecule has 0 unspecified atom stereocenters. The van der Waals surface area contributed by atoms with E-state index in [1.165, 1.54) is 0 Å². The maximum absolute atomic E-state index is 12.0. The van der Waals surface area contributed by atoms with Gasteiger partial charge in [-0.3, -0.25) is 10.1 Å². The molecule has 1 amide bonds. The number of hydrogen-bond donors (Lipinski definition) is 1. The summed E-state index contributed by atoms with van der Waals surface area (Å²) in [6.07, 6.45) is 0.341. The molecule has 118 valence electrons. The summed E-state index contributed by atoms with van der Waals surface area (Å²) in [5.74, 6) is 1.43. The first-order chi connectivity index (χ1) is 10.4. The molecule has 0 saturated heterocycles. The van der Waals surface area contributed by atoms with Crippen molar-refractivity contribution in [3.8, 4) is 17.6 Å². The number of nitriles is 1. The van der Waals surface area contributed by atoms with Crippen molar-refractivity contribution in [2.75, 3.05) is 26.9 Å². The Hall–Kier alpha value is -2.26. The van der Waals surface area contributed by atoms with Crippen molar-refractivity contribution < 1.29 is 14.3 Å². The van der Waals surface area contributed by atoms with Crippen LogP contribution in [0.3, 0.4) is 0 Å². The van der Waals surface area contributed by atoms with Crippen LogP contribution in [-0.2, 0) is 10.3 Å². The molecule has 6 nitrogen and oxygen atoms in total. The molecule has 1 heterocycles. The Morgan fingerprint density at radius 1 is 1.41 bits per heavy atom. The second kappa shape index (κ2) is 6.67. The number of likely N-dealkylation sites (N-methyl/N-ethyl adjacent to an activating group) is 1. The van der Waals surface area contributed by atoms with Crippen LogP contribution in [0.5, 0.6) is 11.5 Å². The number of nitrogens with one attached hydrogen (secondary N) is 1. The van der Waals surface area contributed by atoms with Crippen LogP contribution in [0.25, 0.3) is 0 Å². The van der Waals surface area contributed by atoms with Crippen LogP contribution in [0.15, 0.2) is 18.2 Å². The van der Waals surface area contributed by atoms with Crippen molar-refractivity contribution in [1.29, 1.82) is 5.26 Å². The monoisotopic (exact) mass is 303 g/mol. The molecule has 0 saturated carbocycles. The predicted molar refractivity (Wildman–Crippen MR) is 81.5 cm³/mol. The number of carbonyl (C=O) groups is 1. The van der Waals surface area contributed by atoms with Crippen LogP contribution in [0.2, 0.25) is 0 Å². The topological polar surface area (TPSA) is 74.6 Å². The Morgan fingerprint density at radius 3 is 2.86 bits per heavy atom. The third-order valence-corrected chi connectivity index (χ3v) is 3.76. The molecule has 1 aliphatic heterocycles. The van der Waals surface area contributed by atoms with E-state index >= 15 is 0 Å². The largest absolute Gasteiger partial charge is 0.454 e. The van der Waals surface area contributed by atoms with Crippen molar-refractivity contribution in [2.24, 2.45) is 0 Å². The average Bonchev–Trinajstić information content (AvgIpc) is 2.97. The molecule has 6 heteroatoms. The Labute approximate surface area is 130 Å². The number of nitrogens with zero attached hydrogens (tertiary/aromatic N) is 2. The lowest BCUT2D eigenvalue weighted by Crippen LogP contribution is -2.44. The summed E-state index contributed by atoms with van der Waals surface area (Å²) in [5.41, 5.74) is 0.636. The molecule has 0 aliphatic carbocycles. The molecule has 22 heavy (non-hydrogen) atoms. The zero-order valence-corrected chi connectivity index (χ0v) is 13.2. The highest BCUT2D eigenvalue weighted by Crippen LogP contribution is 2.35. The van der Waals surface area contributed by atoms with Crippen molar-refractivity contribution in [1.82, 2.24) is 10.2 Å². The van der Waals surface area contributed by atoms with Crippen LogP contribution < -0.4 is 14.8 Å². The van der Waals surface area contributed by atoms with Crippen molar-refractivity contribution >= 4 is 5.91 Å². The van der Waals surface area contributed by atoms with Crippen LogP contribution in [0.1, 0.15) is 25.8 Å². The van der Waals surface area contributed by atoms with E-state index in [-0.39, 0.29) is 24.8 Å². The molecule has 0 radical (unpaired) electrons. The molecule has 1 aromatic carbocycles. The molecular weight excluding hydrogens is 282 g/mol. The summed E-state index contributed by atoms with van der Waals surface area (Å²) in [7, 11) is 1.70. The Bertz CT molecular complexity index is 593. The van der Waals surface area contributed by atoms with Gasteiger partial charge >= 0.3 is 0 Å². The summed E-state index contributed by atoms with van der Waals surface area (Å²) >= 11 is 0. The van der Waals surface area contributed by atoms with Crippen molar-refractivity contribution in [3.63, 3.8) is 0 Å². The Morgan fingerprint density at radius 2 is 2.14 bits per heavy atom. The molecule has 0 aromatic heterocycles. The van der Waals surface area contributed by atoms with Gasteiger partial charge in [0.05, 0.1) is 19.0 Å². The lowest BCUT2D eigenvalue weighted by molar-refractivity contribution is -0.129. The first-order valence-corrected chi connectivity index (χ1v) is 7.20. The fraction of sp³-hybridized carbons (Fsp3) is 0.500. The molecular formula is C16H21N3O3. The number of rotatable bonds is 6. The van der Waals surface area contributed by atoms with Gasteiger partial charge in [-0.25, -0.2) is 0 Å². The van der Waals surface area contributed by atoms with Crippen LogP contribution in [-0.4, -0.2) is 37.7 Å². The van der Waals surface area contributed by atoms with Crippen LogP contribution in [0.4, 0.5) is 0 Å². The fourth-order valence-electron chi connectivity index (χ4n) is 2.16. The zero-order valence-electron chi connectivity index (χ0n) is 13.2. The normalized spacial score (nSPS) is 12.8. The summed E-state index contributed by atoms with van der Waals surface area (Å²) in [4.78, 5) is 13.6. The molecule has 1 aliphatic rings. The van der Waals surface area contributed by atoms with Gasteiger partial charge < -0.3 is 14.4 Å². The number of carbonyl (C=O) groups excluding carboxylic acids is 1. The molecule has 0 bridgehead atoms. The predicted octanol–water partition coefficient (Wildman–Crippen LogP) is 1.61. The smallest absolute Gasteiger partial charge is 0.236 e. The van der Waals surface area contributed by atoms with E-state index < -0.39 is 0 Å². The summed E-state index contributed by atoms with van der Waals surface area (Å²) < 4.78 is 10.7. The van der Waals surface area contributed by atoms with Gasteiger partial charge in [0.15, 0.2) is 11.5 Å². The van der Waals surface area contributed by atoms with Gasteiger partial charge in [0, 0.05) is 19.1 Å². The highest BCUT2D eigenvalue weighted by Gasteiger charge is 2.24. The minimum atomic E-state index is -0.382. The summed E-state index contributed by atoms with van der Waals surface area (Å²) in [5, 5.41) is 11.8. The standard InChI is InChI=1S/C16H21N3O3/c1-16(2,18-10-15(20)19(3)8-4-7-17)12-5-6-13-14(9-12)22-11-21-13/h5-6,9,18H,4,8,10-11H2,1-3H3. The summed E-state index contributed by atoms with van der Waals surface area (Å²) in [6.45, 7) is 4.92. The van der Waals surface area contributed by atoms with Gasteiger partial charge in [0.25, 0.3) is 0 Å². The van der Waals surface area contributed by atoms with Crippen molar-refractivity contribution in [2.45, 2.75) is 25.8 Å².